The molecule has 1 aliphatic rings. The summed E-state index contributed by atoms with van der Waals surface area (Å²) in [6.45, 7) is 1.86. The summed E-state index contributed by atoms with van der Waals surface area (Å²) in [5.74, 6) is -0.696. The number of halogens is 1. The van der Waals surface area contributed by atoms with Gasteiger partial charge in [0.15, 0.2) is 5.82 Å². The SMILES string of the molecule is CC(=O)NC[C@H]1CN(c2ccc(-n3cccn3)c(F)c2)C(=O)O1. The molecule has 2 aromatic rings. The quantitative estimate of drug-likeness (QED) is 0.926. The summed E-state index contributed by atoms with van der Waals surface area (Å²) in [6.07, 6.45) is 2.16. The number of aromatic nitrogens is 2. The number of anilines is 1. The van der Waals surface area contributed by atoms with Crippen molar-refractivity contribution in [3.8, 4) is 5.69 Å². The van der Waals surface area contributed by atoms with Crippen LogP contribution in [0.15, 0.2) is 36.7 Å². The number of amides is 2. The average Bonchev–Trinajstić information content (AvgIpc) is 3.14. The van der Waals surface area contributed by atoms with Crippen molar-refractivity contribution in [1.82, 2.24) is 15.1 Å². The zero-order valence-electron chi connectivity index (χ0n) is 12.4. The van der Waals surface area contributed by atoms with Gasteiger partial charge in [-0.3, -0.25) is 9.69 Å². The van der Waals surface area contributed by atoms with Gasteiger partial charge in [0.2, 0.25) is 5.91 Å². The predicted octanol–water partition coefficient (Wildman–Crippen LogP) is 1.47. The Hall–Kier alpha value is -2.90. The van der Waals surface area contributed by atoms with Crippen LogP contribution in [0.25, 0.3) is 5.69 Å². The summed E-state index contributed by atoms with van der Waals surface area (Å²) in [6, 6.07) is 6.13. The van der Waals surface area contributed by atoms with E-state index in [1.807, 2.05) is 0 Å². The van der Waals surface area contributed by atoms with E-state index < -0.39 is 18.0 Å². The molecular formula is C15H15FN4O3. The molecule has 3 rings (SSSR count). The second-order valence-electron chi connectivity index (χ2n) is 5.14. The molecule has 2 amide bonds. The first-order valence-electron chi connectivity index (χ1n) is 7.07. The highest BCUT2D eigenvalue weighted by atomic mass is 19.1. The number of hydrogen-bond acceptors (Lipinski definition) is 4. The Morgan fingerprint density at radius 3 is 3.00 bits per heavy atom. The van der Waals surface area contributed by atoms with Gasteiger partial charge in [0, 0.05) is 19.3 Å². The number of nitrogens with one attached hydrogen (secondary N) is 1. The van der Waals surface area contributed by atoms with Gasteiger partial charge in [0.05, 0.1) is 18.8 Å². The standard InChI is InChI=1S/C15H15FN4O3/c1-10(21)17-8-12-9-19(15(22)23-12)11-3-4-14(13(16)7-11)20-6-2-5-18-20/h2-7,12H,8-9H2,1H3,(H,17,21)/t12-/m0/s1. The summed E-state index contributed by atoms with van der Waals surface area (Å²) >= 11 is 0. The Morgan fingerprint density at radius 1 is 1.52 bits per heavy atom. The van der Waals surface area contributed by atoms with Crippen LogP contribution in [0.2, 0.25) is 0 Å². The minimum Gasteiger partial charge on any atom is -0.442 e. The number of ether oxygens (including phenoxy) is 1. The molecule has 1 saturated heterocycles. The Labute approximate surface area is 131 Å². The van der Waals surface area contributed by atoms with Gasteiger partial charge in [-0.1, -0.05) is 0 Å². The number of cyclic esters (lactones) is 1. The van der Waals surface area contributed by atoms with Gasteiger partial charge in [-0.05, 0) is 24.3 Å². The minimum absolute atomic E-state index is 0.200. The molecule has 8 heteroatoms. The zero-order valence-corrected chi connectivity index (χ0v) is 12.4. The highest BCUT2D eigenvalue weighted by molar-refractivity contribution is 5.90. The molecule has 1 fully saturated rings. The molecule has 1 atom stereocenters. The van der Waals surface area contributed by atoms with Crippen LogP contribution in [0.3, 0.4) is 0 Å². The summed E-state index contributed by atoms with van der Waals surface area (Å²) in [5.41, 5.74) is 0.690. The van der Waals surface area contributed by atoms with Crippen molar-refractivity contribution >= 4 is 17.7 Å². The summed E-state index contributed by atoms with van der Waals surface area (Å²) in [7, 11) is 0. The molecule has 0 unspecified atom stereocenters. The van der Waals surface area contributed by atoms with Crippen molar-refractivity contribution in [2.45, 2.75) is 13.0 Å². The Morgan fingerprint density at radius 2 is 2.35 bits per heavy atom. The largest absolute Gasteiger partial charge is 0.442 e. The highest BCUT2D eigenvalue weighted by Gasteiger charge is 2.32. The maximum atomic E-state index is 14.2. The number of carbonyl (C=O) groups excluding carboxylic acids is 2. The van der Waals surface area contributed by atoms with E-state index >= 15 is 0 Å². The zero-order chi connectivity index (χ0) is 16.4. The van der Waals surface area contributed by atoms with Crippen LogP contribution in [0.5, 0.6) is 0 Å². The van der Waals surface area contributed by atoms with Crippen LogP contribution >= 0.6 is 0 Å². The van der Waals surface area contributed by atoms with Gasteiger partial charge >= 0.3 is 6.09 Å². The van der Waals surface area contributed by atoms with Crippen LogP contribution in [0.1, 0.15) is 6.92 Å². The Bertz CT molecular complexity index is 732. The van der Waals surface area contributed by atoms with Gasteiger partial charge in [0.25, 0.3) is 0 Å². The molecule has 0 aliphatic carbocycles. The van der Waals surface area contributed by atoms with E-state index in [4.69, 9.17) is 4.74 Å². The molecule has 1 aromatic heterocycles. The number of rotatable bonds is 4. The molecular weight excluding hydrogens is 303 g/mol. The number of benzene rings is 1. The lowest BCUT2D eigenvalue weighted by Gasteiger charge is -2.14. The second-order valence-corrected chi connectivity index (χ2v) is 5.14. The van der Waals surface area contributed by atoms with Crippen molar-refractivity contribution in [1.29, 1.82) is 0 Å². The molecule has 0 radical (unpaired) electrons. The average molecular weight is 318 g/mol. The van der Waals surface area contributed by atoms with Crippen LogP contribution in [0.4, 0.5) is 14.9 Å². The van der Waals surface area contributed by atoms with Crippen LogP contribution < -0.4 is 10.2 Å². The third-order valence-corrected chi connectivity index (χ3v) is 3.45. The van der Waals surface area contributed by atoms with E-state index in [1.165, 1.54) is 22.6 Å². The maximum Gasteiger partial charge on any atom is 0.414 e. The molecule has 0 bridgehead atoms. The summed E-state index contributed by atoms with van der Waals surface area (Å²) < 4.78 is 20.8. The highest BCUT2D eigenvalue weighted by Crippen LogP contribution is 2.25. The van der Waals surface area contributed by atoms with E-state index in [9.17, 15) is 14.0 Å². The fourth-order valence-corrected chi connectivity index (χ4v) is 2.36. The van der Waals surface area contributed by atoms with Gasteiger partial charge in [-0.15, -0.1) is 0 Å². The lowest BCUT2D eigenvalue weighted by atomic mass is 10.2. The molecule has 1 aliphatic heterocycles. The maximum absolute atomic E-state index is 14.2. The van der Waals surface area contributed by atoms with Crippen molar-refractivity contribution in [3.63, 3.8) is 0 Å². The summed E-state index contributed by atoms with van der Waals surface area (Å²) in [5, 5.41) is 6.56. The lowest BCUT2D eigenvalue weighted by Crippen LogP contribution is -2.33. The van der Waals surface area contributed by atoms with Gasteiger partial charge in [-0.25, -0.2) is 13.9 Å². The predicted molar refractivity (Wildman–Crippen MR) is 79.8 cm³/mol. The lowest BCUT2D eigenvalue weighted by molar-refractivity contribution is -0.119. The first kappa shape index (κ1) is 15.0. The number of hydrogen-bond donors (Lipinski definition) is 1. The fourth-order valence-electron chi connectivity index (χ4n) is 2.36. The third-order valence-electron chi connectivity index (χ3n) is 3.45. The summed E-state index contributed by atoms with van der Waals surface area (Å²) in [4.78, 5) is 24.1. The Balaban J connectivity index is 1.76. The molecule has 0 spiro atoms. The van der Waals surface area contributed by atoms with E-state index in [0.717, 1.165) is 0 Å². The topological polar surface area (TPSA) is 76.5 Å². The van der Waals surface area contributed by atoms with Gasteiger partial charge < -0.3 is 10.1 Å². The van der Waals surface area contributed by atoms with Crippen LogP contribution in [-0.2, 0) is 9.53 Å². The van der Waals surface area contributed by atoms with Gasteiger partial charge in [-0.2, -0.15) is 5.10 Å². The van der Waals surface area contributed by atoms with Gasteiger partial charge in [0.1, 0.15) is 11.8 Å². The van der Waals surface area contributed by atoms with Crippen molar-refractivity contribution in [3.05, 3.63) is 42.5 Å². The normalized spacial score (nSPS) is 17.2. The second kappa shape index (κ2) is 6.07. The third kappa shape index (κ3) is 3.15. The molecule has 23 heavy (non-hydrogen) atoms. The van der Waals surface area contributed by atoms with Crippen molar-refractivity contribution < 1.29 is 18.7 Å². The fraction of sp³-hybridized carbons (Fsp3) is 0.267. The Kier molecular flexibility index (Phi) is 3.96. The first-order chi connectivity index (χ1) is 11.0. The van der Waals surface area contributed by atoms with E-state index in [-0.39, 0.29) is 19.0 Å². The molecule has 7 nitrogen and oxygen atoms in total. The van der Waals surface area contributed by atoms with E-state index in [2.05, 4.69) is 10.4 Å². The van der Waals surface area contributed by atoms with Crippen molar-refractivity contribution in [2.75, 3.05) is 18.0 Å². The van der Waals surface area contributed by atoms with E-state index in [1.54, 1.807) is 30.6 Å². The molecule has 2 heterocycles. The van der Waals surface area contributed by atoms with Crippen LogP contribution in [0, 0.1) is 5.82 Å². The minimum atomic E-state index is -0.563. The molecule has 0 saturated carbocycles. The molecule has 120 valence electrons. The molecule has 1 N–H and O–H groups in total. The number of nitrogens with zero attached hydrogens (tertiary/aromatic N) is 3. The first-order valence-corrected chi connectivity index (χ1v) is 7.07. The smallest absolute Gasteiger partial charge is 0.414 e. The molecule has 1 aromatic carbocycles. The van der Waals surface area contributed by atoms with Crippen LogP contribution in [-0.4, -0.2) is 41.0 Å². The van der Waals surface area contributed by atoms with Crippen molar-refractivity contribution in [2.24, 2.45) is 0 Å². The number of carbonyl (C=O) groups is 2. The monoisotopic (exact) mass is 318 g/mol. The van der Waals surface area contributed by atoms with E-state index in [0.29, 0.717) is 11.4 Å².